The second kappa shape index (κ2) is 5.81. The largest absolute Gasteiger partial charge is 0.370 e. The van der Waals surface area contributed by atoms with Crippen LogP contribution >= 0.6 is 0 Å². The predicted octanol–water partition coefficient (Wildman–Crippen LogP) is 2.55. The van der Waals surface area contributed by atoms with E-state index in [4.69, 9.17) is 0 Å². The van der Waals surface area contributed by atoms with Crippen molar-refractivity contribution < 1.29 is 8.78 Å². The first-order chi connectivity index (χ1) is 10.1. The van der Waals surface area contributed by atoms with Gasteiger partial charge in [0.15, 0.2) is 0 Å². The highest BCUT2D eigenvalue weighted by Crippen LogP contribution is 2.20. The molecule has 0 spiro atoms. The average molecular weight is 292 g/mol. The van der Waals surface area contributed by atoms with Gasteiger partial charge in [0.05, 0.1) is 6.20 Å². The van der Waals surface area contributed by atoms with Crippen molar-refractivity contribution in [3.8, 4) is 0 Å². The van der Waals surface area contributed by atoms with E-state index in [1.165, 1.54) is 12.1 Å². The highest BCUT2D eigenvalue weighted by atomic mass is 19.1. The monoisotopic (exact) mass is 292 g/mol. The summed E-state index contributed by atoms with van der Waals surface area (Å²) in [5.74, 6) is 0.583. The highest BCUT2D eigenvalue weighted by molar-refractivity contribution is 5.35. The molecule has 0 saturated heterocycles. The number of fused-ring (bicyclic) bond motifs is 1. The Morgan fingerprint density at radius 2 is 2.29 bits per heavy atom. The fraction of sp³-hybridized carbons (Fsp3) is 0.400. The molecular formula is C15H18F2N4. The molecule has 2 atom stereocenters. The van der Waals surface area contributed by atoms with Crippen LogP contribution in [0.4, 0.5) is 14.6 Å². The van der Waals surface area contributed by atoms with Crippen LogP contribution in [0.2, 0.25) is 0 Å². The molecule has 2 heterocycles. The molecule has 0 saturated carbocycles. The van der Waals surface area contributed by atoms with Crippen LogP contribution in [0, 0.1) is 17.6 Å². The highest BCUT2D eigenvalue weighted by Gasteiger charge is 2.19. The summed E-state index contributed by atoms with van der Waals surface area (Å²) in [4.78, 5) is 0. The van der Waals surface area contributed by atoms with Gasteiger partial charge in [0, 0.05) is 43.2 Å². The fourth-order valence-corrected chi connectivity index (χ4v) is 2.62. The van der Waals surface area contributed by atoms with Crippen LogP contribution < -0.4 is 10.6 Å². The number of hydrogen-bond donors (Lipinski definition) is 2. The summed E-state index contributed by atoms with van der Waals surface area (Å²) < 4.78 is 28.8. The number of nitrogens with zero attached hydrogens (tertiary/aromatic N) is 2. The van der Waals surface area contributed by atoms with E-state index in [1.807, 2.05) is 17.7 Å². The minimum absolute atomic E-state index is 0.236. The smallest absolute Gasteiger partial charge is 0.128 e. The number of rotatable bonds is 4. The molecule has 3 rings (SSSR count). The molecule has 1 aliphatic rings. The Hall–Kier alpha value is -1.95. The summed E-state index contributed by atoms with van der Waals surface area (Å²) in [5.41, 5.74) is 0.360. The second-order valence-electron chi connectivity index (χ2n) is 5.44. The molecule has 6 heteroatoms. The Morgan fingerprint density at radius 1 is 1.43 bits per heavy atom. The lowest BCUT2D eigenvalue weighted by molar-refractivity contribution is 0.373. The molecule has 21 heavy (non-hydrogen) atoms. The van der Waals surface area contributed by atoms with Gasteiger partial charge < -0.3 is 10.6 Å². The van der Waals surface area contributed by atoms with Crippen LogP contribution in [0.25, 0.3) is 0 Å². The van der Waals surface area contributed by atoms with E-state index in [-0.39, 0.29) is 11.9 Å². The van der Waals surface area contributed by atoms with Gasteiger partial charge in [0.2, 0.25) is 0 Å². The summed E-state index contributed by atoms with van der Waals surface area (Å²) in [7, 11) is 0. The molecular weight excluding hydrogens is 274 g/mol. The zero-order valence-corrected chi connectivity index (χ0v) is 11.8. The Kier molecular flexibility index (Phi) is 3.88. The third kappa shape index (κ3) is 3.05. The molecule has 1 aromatic carbocycles. The molecule has 2 N–H and O–H groups in total. The maximum absolute atomic E-state index is 13.7. The van der Waals surface area contributed by atoms with Crippen molar-refractivity contribution in [2.75, 3.05) is 18.4 Å². The molecule has 0 aliphatic carbocycles. The molecule has 112 valence electrons. The van der Waals surface area contributed by atoms with E-state index in [0.717, 1.165) is 25.0 Å². The zero-order valence-electron chi connectivity index (χ0n) is 11.8. The summed E-state index contributed by atoms with van der Waals surface area (Å²) >= 11 is 0. The van der Waals surface area contributed by atoms with Gasteiger partial charge in [-0.05, 0) is 25.1 Å². The second-order valence-corrected chi connectivity index (χ2v) is 5.44. The molecule has 2 aromatic rings. The molecule has 1 aromatic heterocycles. The molecule has 0 fully saturated rings. The number of benzene rings is 1. The van der Waals surface area contributed by atoms with Crippen molar-refractivity contribution in [3.05, 3.63) is 47.7 Å². The molecule has 1 aliphatic heterocycles. The zero-order chi connectivity index (χ0) is 14.8. The minimum Gasteiger partial charge on any atom is -0.370 e. The van der Waals surface area contributed by atoms with Crippen LogP contribution in [0.5, 0.6) is 0 Å². The maximum atomic E-state index is 13.7. The van der Waals surface area contributed by atoms with Crippen LogP contribution in [0.3, 0.4) is 0 Å². The Balaban J connectivity index is 1.59. The lowest BCUT2D eigenvalue weighted by Crippen LogP contribution is -2.36. The van der Waals surface area contributed by atoms with Crippen LogP contribution in [0.15, 0.2) is 30.5 Å². The SMILES string of the molecule is CC(NCC1CNc2ccnn2C1)c1cc(F)ccc1F. The minimum atomic E-state index is -0.416. The number of halogens is 2. The van der Waals surface area contributed by atoms with Crippen LogP contribution in [-0.2, 0) is 6.54 Å². The number of aromatic nitrogens is 2. The summed E-state index contributed by atoms with van der Waals surface area (Å²) in [6.07, 6.45) is 1.77. The molecule has 0 amide bonds. The van der Waals surface area contributed by atoms with Crippen molar-refractivity contribution in [2.24, 2.45) is 5.92 Å². The summed E-state index contributed by atoms with van der Waals surface area (Å²) in [5, 5.41) is 10.8. The fourth-order valence-electron chi connectivity index (χ4n) is 2.62. The van der Waals surface area contributed by atoms with Gasteiger partial charge in [-0.2, -0.15) is 5.10 Å². The lowest BCUT2D eigenvalue weighted by Gasteiger charge is -2.26. The lowest BCUT2D eigenvalue weighted by atomic mass is 10.0. The molecule has 0 radical (unpaired) electrons. The van der Waals surface area contributed by atoms with Gasteiger partial charge in [-0.25, -0.2) is 13.5 Å². The van der Waals surface area contributed by atoms with Crippen molar-refractivity contribution in [1.82, 2.24) is 15.1 Å². The van der Waals surface area contributed by atoms with E-state index in [9.17, 15) is 8.78 Å². The van der Waals surface area contributed by atoms with Crippen molar-refractivity contribution in [1.29, 1.82) is 0 Å². The van der Waals surface area contributed by atoms with Gasteiger partial charge in [-0.1, -0.05) is 0 Å². The van der Waals surface area contributed by atoms with Crippen molar-refractivity contribution in [3.63, 3.8) is 0 Å². The summed E-state index contributed by atoms with van der Waals surface area (Å²) in [6.45, 7) is 4.22. The van der Waals surface area contributed by atoms with Crippen molar-refractivity contribution in [2.45, 2.75) is 19.5 Å². The Labute approximate surface area is 122 Å². The maximum Gasteiger partial charge on any atom is 0.128 e. The molecule has 4 nitrogen and oxygen atoms in total. The van der Waals surface area contributed by atoms with Gasteiger partial charge in [0.25, 0.3) is 0 Å². The number of nitrogens with one attached hydrogen (secondary N) is 2. The predicted molar refractivity (Wildman–Crippen MR) is 77.0 cm³/mol. The number of anilines is 1. The topological polar surface area (TPSA) is 41.9 Å². The van der Waals surface area contributed by atoms with Gasteiger partial charge in [-0.15, -0.1) is 0 Å². The Bertz CT molecular complexity index is 626. The van der Waals surface area contributed by atoms with E-state index in [1.54, 1.807) is 6.20 Å². The third-order valence-corrected chi connectivity index (χ3v) is 3.86. The molecule has 0 bridgehead atoms. The van der Waals surface area contributed by atoms with E-state index in [0.29, 0.717) is 18.0 Å². The molecule has 2 unspecified atom stereocenters. The van der Waals surface area contributed by atoms with E-state index >= 15 is 0 Å². The van der Waals surface area contributed by atoms with Crippen LogP contribution in [0.1, 0.15) is 18.5 Å². The Morgan fingerprint density at radius 3 is 3.14 bits per heavy atom. The normalized spacial score (nSPS) is 18.9. The first-order valence-corrected chi connectivity index (χ1v) is 7.07. The average Bonchev–Trinajstić information content (AvgIpc) is 2.94. The van der Waals surface area contributed by atoms with Crippen LogP contribution in [-0.4, -0.2) is 22.9 Å². The van der Waals surface area contributed by atoms with E-state index < -0.39 is 5.82 Å². The standard InChI is InChI=1S/C15H18F2N4/c1-10(13-6-12(16)2-3-14(13)17)18-7-11-8-19-15-4-5-20-21(15)9-11/h2-6,10-11,18-19H,7-9H2,1H3. The number of hydrogen-bond acceptors (Lipinski definition) is 3. The van der Waals surface area contributed by atoms with Gasteiger partial charge in [-0.3, -0.25) is 0 Å². The van der Waals surface area contributed by atoms with Gasteiger partial charge >= 0.3 is 0 Å². The quantitative estimate of drug-likeness (QED) is 0.910. The van der Waals surface area contributed by atoms with Crippen molar-refractivity contribution >= 4 is 5.82 Å². The van der Waals surface area contributed by atoms with Gasteiger partial charge in [0.1, 0.15) is 17.5 Å². The third-order valence-electron chi connectivity index (χ3n) is 3.86. The van der Waals surface area contributed by atoms with E-state index in [2.05, 4.69) is 15.7 Å². The first-order valence-electron chi connectivity index (χ1n) is 7.07. The summed E-state index contributed by atoms with van der Waals surface area (Å²) in [6, 6.07) is 5.25. The first kappa shape index (κ1) is 14.0.